The lowest BCUT2D eigenvalue weighted by Crippen LogP contribution is -2.24. The zero-order valence-corrected chi connectivity index (χ0v) is 10.1. The van der Waals surface area contributed by atoms with Gasteiger partial charge in [0.1, 0.15) is 5.82 Å². The van der Waals surface area contributed by atoms with Gasteiger partial charge in [0.05, 0.1) is 4.47 Å². The fraction of sp³-hybridized carbons (Fsp3) is 0.455. The molecule has 5 heteroatoms. The molecule has 0 spiro atoms. The van der Waals surface area contributed by atoms with Crippen LogP contribution in [0.15, 0.2) is 10.5 Å². The lowest BCUT2D eigenvalue weighted by atomic mass is 10.0. The first kappa shape index (κ1) is 11.9. The lowest BCUT2D eigenvalue weighted by molar-refractivity contribution is 0.477. The van der Waals surface area contributed by atoms with Crippen LogP contribution < -0.4 is 5.32 Å². The normalized spacial score (nSPS) is 20.4. The van der Waals surface area contributed by atoms with Gasteiger partial charge in [0.15, 0.2) is 11.6 Å². The Hall–Kier alpha value is -0.550. The van der Waals surface area contributed by atoms with Crippen molar-refractivity contribution >= 4 is 15.9 Å². The Morgan fingerprint density at radius 3 is 2.69 bits per heavy atom. The van der Waals surface area contributed by atoms with Crippen molar-refractivity contribution in [1.82, 2.24) is 5.32 Å². The quantitative estimate of drug-likeness (QED) is 0.652. The first-order chi connectivity index (χ1) is 7.59. The SMILES string of the molecule is Fc1cc(CC2CCCN2)c(F)c(Br)c1F. The van der Waals surface area contributed by atoms with Gasteiger partial charge in [-0.05, 0) is 53.4 Å². The second-order valence-corrected chi connectivity index (χ2v) is 4.75. The first-order valence-electron chi connectivity index (χ1n) is 5.15. The van der Waals surface area contributed by atoms with Crippen LogP contribution in [-0.2, 0) is 6.42 Å². The van der Waals surface area contributed by atoms with Gasteiger partial charge < -0.3 is 5.32 Å². The van der Waals surface area contributed by atoms with E-state index in [1.807, 2.05) is 0 Å². The molecule has 1 atom stereocenters. The number of nitrogens with one attached hydrogen (secondary N) is 1. The van der Waals surface area contributed by atoms with E-state index in [-0.39, 0.29) is 11.6 Å². The molecule has 0 bridgehead atoms. The average molecular weight is 294 g/mol. The van der Waals surface area contributed by atoms with Crippen LogP contribution in [-0.4, -0.2) is 12.6 Å². The number of rotatable bonds is 2. The third-order valence-corrected chi connectivity index (χ3v) is 3.50. The zero-order chi connectivity index (χ0) is 11.7. The molecule has 1 unspecified atom stereocenters. The fourth-order valence-corrected chi connectivity index (χ4v) is 2.41. The summed E-state index contributed by atoms with van der Waals surface area (Å²) in [5.74, 6) is -2.88. The van der Waals surface area contributed by atoms with Gasteiger partial charge >= 0.3 is 0 Å². The average Bonchev–Trinajstić information content (AvgIpc) is 2.76. The molecule has 1 nitrogen and oxygen atoms in total. The van der Waals surface area contributed by atoms with Gasteiger partial charge in [-0.3, -0.25) is 0 Å². The predicted octanol–water partition coefficient (Wildman–Crippen LogP) is 3.16. The van der Waals surface area contributed by atoms with Gasteiger partial charge in [-0.2, -0.15) is 0 Å². The first-order valence-corrected chi connectivity index (χ1v) is 5.94. The Morgan fingerprint density at radius 1 is 1.31 bits per heavy atom. The summed E-state index contributed by atoms with van der Waals surface area (Å²) in [5.41, 5.74) is 0.213. The van der Waals surface area contributed by atoms with E-state index in [4.69, 9.17) is 0 Å². The topological polar surface area (TPSA) is 12.0 Å². The largest absolute Gasteiger partial charge is 0.314 e. The van der Waals surface area contributed by atoms with E-state index in [1.165, 1.54) is 0 Å². The summed E-state index contributed by atoms with van der Waals surface area (Å²) in [5, 5.41) is 3.19. The Labute approximate surface area is 100 Å². The Balaban J connectivity index is 2.26. The van der Waals surface area contributed by atoms with E-state index in [0.717, 1.165) is 25.5 Å². The fourth-order valence-electron chi connectivity index (χ4n) is 1.97. The van der Waals surface area contributed by atoms with E-state index in [9.17, 15) is 13.2 Å². The lowest BCUT2D eigenvalue weighted by Gasteiger charge is -2.12. The molecule has 1 aromatic rings. The summed E-state index contributed by atoms with van der Waals surface area (Å²) in [4.78, 5) is 0. The smallest absolute Gasteiger partial charge is 0.175 e. The maximum Gasteiger partial charge on any atom is 0.175 e. The van der Waals surface area contributed by atoms with Crippen LogP contribution in [0.3, 0.4) is 0 Å². The highest BCUT2D eigenvalue weighted by molar-refractivity contribution is 9.10. The summed E-state index contributed by atoms with van der Waals surface area (Å²) >= 11 is 2.72. The van der Waals surface area contributed by atoms with Crippen LogP contribution in [0.2, 0.25) is 0 Å². The van der Waals surface area contributed by atoms with Crippen LogP contribution in [0.4, 0.5) is 13.2 Å². The molecule has 1 aliphatic heterocycles. The van der Waals surface area contributed by atoms with E-state index >= 15 is 0 Å². The summed E-state index contributed by atoms with van der Waals surface area (Å²) in [6.45, 7) is 0.900. The number of hydrogen-bond donors (Lipinski definition) is 1. The van der Waals surface area contributed by atoms with Crippen LogP contribution in [0.5, 0.6) is 0 Å². The molecule has 1 N–H and O–H groups in total. The van der Waals surface area contributed by atoms with Crippen molar-refractivity contribution < 1.29 is 13.2 Å². The van der Waals surface area contributed by atoms with Gasteiger partial charge in [0.25, 0.3) is 0 Å². The number of hydrogen-bond acceptors (Lipinski definition) is 1. The second kappa shape index (κ2) is 4.75. The molecular formula is C11H11BrF3N. The molecule has 16 heavy (non-hydrogen) atoms. The van der Waals surface area contributed by atoms with Crippen molar-refractivity contribution in [2.24, 2.45) is 0 Å². The van der Waals surface area contributed by atoms with Crippen molar-refractivity contribution in [3.05, 3.63) is 33.6 Å². The zero-order valence-electron chi connectivity index (χ0n) is 8.49. The van der Waals surface area contributed by atoms with Crippen molar-refractivity contribution in [3.63, 3.8) is 0 Å². The molecule has 1 aromatic carbocycles. The highest BCUT2D eigenvalue weighted by atomic mass is 79.9. The number of halogens is 4. The van der Waals surface area contributed by atoms with Crippen molar-refractivity contribution in [2.75, 3.05) is 6.54 Å². The standard InChI is InChI=1S/C11H11BrF3N/c12-9-10(14)6(5-8(13)11(9)15)4-7-2-1-3-16-7/h5,7,16H,1-4H2. The van der Waals surface area contributed by atoms with E-state index in [1.54, 1.807) is 0 Å². The molecule has 0 aromatic heterocycles. The Morgan fingerprint density at radius 2 is 2.06 bits per heavy atom. The minimum Gasteiger partial charge on any atom is -0.314 e. The highest BCUT2D eigenvalue weighted by Gasteiger charge is 2.21. The van der Waals surface area contributed by atoms with Gasteiger partial charge in [-0.15, -0.1) is 0 Å². The Bertz CT molecular complexity index is 403. The molecule has 0 radical (unpaired) electrons. The van der Waals surface area contributed by atoms with Crippen molar-refractivity contribution in [2.45, 2.75) is 25.3 Å². The van der Waals surface area contributed by atoms with Gasteiger partial charge in [-0.25, -0.2) is 13.2 Å². The molecule has 0 saturated carbocycles. The van der Waals surface area contributed by atoms with Gasteiger partial charge in [0, 0.05) is 6.04 Å². The Kier molecular flexibility index (Phi) is 3.54. The van der Waals surface area contributed by atoms with Gasteiger partial charge in [0.2, 0.25) is 0 Å². The minimum absolute atomic E-state index is 0.159. The molecule has 1 aliphatic rings. The monoisotopic (exact) mass is 293 g/mol. The summed E-state index contributed by atoms with van der Waals surface area (Å²) in [6, 6.07) is 1.10. The molecule has 0 aliphatic carbocycles. The van der Waals surface area contributed by atoms with E-state index in [0.29, 0.717) is 6.42 Å². The van der Waals surface area contributed by atoms with Crippen LogP contribution in [0.25, 0.3) is 0 Å². The second-order valence-electron chi connectivity index (χ2n) is 3.96. The molecule has 1 heterocycles. The third-order valence-electron chi connectivity index (χ3n) is 2.81. The molecule has 88 valence electrons. The molecular weight excluding hydrogens is 283 g/mol. The highest BCUT2D eigenvalue weighted by Crippen LogP contribution is 2.26. The van der Waals surface area contributed by atoms with Crippen LogP contribution in [0.1, 0.15) is 18.4 Å². The van der Waals surface area contributed by atoms with Crippen LogP contribution in [0, 0.1) is 17.5 Å². The molecule has 0 amide bonds. The number of benzene rings is 1. The molecule has 2 rings (SSSR count). The molecule has 1 saturated heterocycles. The minimum atomic E-state index is -1.17. The third kappa shape index (κ3) is 2.25. The summed E-state index contributed by atoms with van der Waals surface area (Å²) in [7, 11) is 0. The maximum absolute atomic E-state index is 13.6. The van der Waals surface area contributed by atoms with Gasteiger partial charge in [-0.1, -0.05) is 0 Å². The van der Waals surface area contributed by atoms with E-state index < -0.39 is 21.9 Å². The molecule has 1 fully saturated rings. The summed E-state index contributed by atoms with van der Waals surface area (Å²) in [6.07, 6.45) is 2.37. The van der Waals surface area contributed by atoms with E-state index in [2.05, 4.69) is 21.2 Å². The van der Waals surface area contributed by atoms with Crippen molar-refractivity contribution in [3.8, 4) is 0 Å². The maximum atomic E-state index is 13.6. The predicted molar refractivity (Wildman–Crippen MR) is 58.7 cm³/mol. The summed E-state index contributed by atoms with van der Waals surface area (Å²) < 4.78 is 39.3. The van der Waals surface area contributed by atoms with Crippen molar-refractivity contribution in [1.29, 1.82) is 0 Å². The van der Waals surface area contributed by atoms with Crippen LogP contribution >= 0.6 is 15.9 Å².